The lowest BCUT2D eigenvalue weighted by Crippen LogP contribution is -2.34. The number of hydrogen-bond donors (Lipinski definition) is 2. The first kappa shape index (κ1) is 19.6. The summed E-state index contributed by atoms with van der Waals surface area (Å²) in [4.78, 5) is 23.5. The summed E-state index contributed by atoms with van der Waals surface area (Å²) in [6, 6.07) is 10.8. The van der Waals surface area contributed by atoms with E-state index in [2.05, 4.69) is 5.32 Å². The molecule has 138 valence electrons. The molecule has 2 unspecified atom stereocenters. The number of aryl methyl sites for hydroxylation is 1. The molecule has 0 radical (unpaired) electrons. The highest BCUT2D eigenvalue weighted by atomic mass is 19.1. The number of benzene rings is 2. The molecule has 0 aromatic heterocycles. The van der Waals surface area contributed by atoms with Gasteiger partial charge >= 0.3 is 5.97 Å². The molecule has 2 rings (SSSR count). The summed E-state index contributed by atoms with van der Waals surface area (Å²) >= 11 is 0. The molecule has 2 aromatic rings. The van der Waals surface area contributed by atoms with Crippen LogP contribution in [0.25, 0.3) is 0 Å². The number of carbonyl (C=O) groups is 2. The van der Waals surface area contributed by atoms with E-state index in [1.54, 1.807) is 19.1 Å². The molecule has 0 aliphatic heterocycles. The van der Waals surface area contributed by atoms with Gasteiger partial charge in [-0.05, 0) is 48.2 Å². The van der Waals surface area contributed by atoms with Crippen molar-refractivity contribution in [2.75, 3.05) is 0 Å². The smallest absolute Gasteiger partial charge is 0.305 e. The van der Waals surface area contributed by atoms with Gasteiger partial charge in [0.15, 0.2) is 0 Å². The monoisotopic (exact) mass is 361 g/mol. The van der Waals surface area contributed by atoms with Gasteiger partial charge in [0.05, 0.1) is 12.5 Å². The predicted octanol–water partition coefficient (Wildman–Crippen LogP) is 3.87. The summed E-state index contributed by atoms with van der Waals surface area (Å²) < 4.78 is 26.3. The largest absolute Gasteiger partial charge is 0.481 e. The van der Waals surface area contributed by atoms with Crippen molar-refractivity contribution in [2.45, 2.75) is 32.2 Å². The van der Waals surface area contributed by atoms with Crippen LogP contribution in [0.3, 0.4) is 0 Å². The van der Waals surface area contributed by atoms with Crippen LogP contribution in [0.15, 0.2) is 48.5 Å². The summed E-state index contributed by atoms with van der Waals surface area (Å²) in [5.74, 6) is -2.49. The predicted molar refractivity (Wildman–Crippen MR) is 93.4 cm³/mol. The highest BCUT2D eigenvalue weighted by Gasteiger charge is 2.21. The zero-order valence-electron chi connectivity index (χ0n) is 14.4. The normalized spacial score (nSPS) is 13.0. The van der Waals surface area contributed by atoms with Crippen LogP contribution in [-0.4, -0.2) is 17.0 Å². The van der Waals surface area contributed by atoms with E-state index < -0.39 is 17.8 Å². The van der Waals surface area contributed by atoms with Gasteiger partial charge in [-0.15, -0.1) is 0 Å². The first-order valence-electron chi connectivity index (χ1n) is 8.37. The summed E-state index contributed by atoms with van der Waals surface area (Å²) in [6.45, 7) is 1.73. The molecule has 0 aliphatic carbocycles. The number of rotatable bonds is 8. The number of hydrogen-bond acceptors (Lipinski definition) is 2. The van der Waals surface area contributed by atoms with Gasteiger partial charge in [-0.25, -0.2) is 8.78 Å². The molecule has 0 saturated heterocycles. The van der Waals surface area contributed by atoms with Crippen molar-refractivity contribution in [3.63, 3.8) is 0 Å². The molecule has 0 fully saturated rings. The quantitative estimate of drug-likeness (QED) is 0.750. The van der Waals surface area contributed by atoms with Gasteiger partial charge < -0.3 is 10.4 Å². The Morgan fingerprint density at radius 1 is 1.08 bits per heavy atom. The van der Waals surface area contributed by atoms with E-state index in [0.717, 1.165) is 5.56 Å². The van der Waals surface area contributed by atoms with E-state index in [-0.39, 0.29) is 24.1 Å². The average Bonchev–Trinajstić information content (AvgIpc) is 2.59. The summed E-state index contributed by atoms with van der Waals surface area (Å²) in [6.07, 6.45) is 0.735. The molecule has 2 aromatic carbocycles. The van der Waals surface area contributed by atoms with Crippen molar-refractivity contribution < 1.29 is 23.5 Å². The van der Waals surface area contributed by atoms with Crippen LogP contribution in [0.4, 0.5) is 8.78 Å². The van der Waals surface area contributed by atoms with E-state index in [1.165, 1.54) is 36.4 Å². The third-order valence-corrected chi connectivity index (χ3v) is 4.17. The molecule has 2 N–H and O–H groups in total. The standard InChI is InChI=1S/C20H21F2NO3/c1-13(5-6-14-3-2-4-17(22)11-14)20(26)23-18(12-19(24)25)15-7-9-16(21)10-8-15/h2-4,7-11,13,18H,5-6,12H2,1H3,(H,23,26)(H,24,25). The molecular formula is C20H21F2NO3. The lowest BCUT2D eigenvalue weighted by molar-refractivity contribution is -0.137. The highest BCUT2D eigenvalue weighted by molar-refractivity contribution is 5.79. The maximum Gasteiger partial charge on any atom is 0.305 e. The van der Waals surface area contributed by atoms with Crippen molar-refractivity contribution in [2.24, 2.45) is 5.92 Å². The Bertz CT molecular complexity index is 762. The van der Waals surface area contributed by atoms with Gasteiger partial charge in [0.1, 0.15) is 11.6 Å². The number of carbonyl (C=O) groups excluding carboxylic acids is 1. The van der Waals surface area contributed by atoms with Crippen molar-refractivity contribution in [3.05, 3.63) is 71.3 Å². The topological polar surface area (TPSA) is 66.4 Å². The second kappa shape index (κ2) is 9.08. The molecule has 0 heterocycles. The molecule has 6 heteroatoms. The molecule has 26 heavy (non-hydrogen) atoms. The third-order valence-electron chi connectivity index (χ3n) is 4.17. The molecular weight excluding hydrogens is 340 g/mol. The van der Waals surface area contributed by atoms with Crippen LogP contribution >= 0.6 is 0 Å². The Kier molecular flexibility index (Phi) is 6.83. The number of aliphatic carboxylic acids is 1. The van der Waals surface area contributed by atoms with Crippen LogP contribution < -0.4 is 5.32 Å². The zero-order chi connectivity index (χ0) is 19.1. The summed E-state index contributed by atoms with van der Waals surface area (Å²) in [7, 11) is 0. The minimum absolute atomic E-state index is 0.294. The van der Waals surface area contributed by atoms with E-state index in [4.69, 9.17) is 5.11 Å². The van der Waals surface area contributed by atoms with E-state index in [9.17, 15) is 18.4 Å². The van der Waals surface area contributed by atoms with E-state index in [0.29, 0.717) is 18.4 Å². The highest BCUT2D eigenvalue weighted by Crippen LogP contribution is 2.19. The first-order valence-corrected chi connectivity index (χ1v) is 8.37. The Labute approximate surface area is 150 Å². The molecule has 4 nitrogen and oxygen atoms in total. The fraction of sp³-hybridized carbons (Fsp3) is 0.300. The Morgan fingerprint density at radius 3 is 2.38 bits per heavy atom. The zero-order valence-corrected chi connectivity index (χ0v) is 14.4. The number of nitrogens with one attached hydrogen (secondary N) is 1. The Hall–Kier alpha value is -2.76. The third kappa shape index (κ3) is 5.95. The van der Waals surface area contributed by atoms with Crippen molar-refractivity contribution in [1.29, 1.82) is 0 Å². The fourth-order valence-corrected chi connectivity index (χ4v) is 2.64. The van der Waals surface area contributed by atoms with Gasteiger partial charge in [-0.3, -0.25) is 9.59 Å². The van der Waals surface area contributed by atoms with Crippen LogP contribution in [0.5, 0.6) is 0 Å². The fourth-order valence-electron chi connectivity index (χ4n) is 2.64. The maximum absolute atomic E-state index is 13.2. The van der Waals surface area contributed by atoms with Crippen molar-refractivity contribution in [3.8, 4) is 0 Å². The van der Waals surface area contributed by atoms with Gasteiger partial charge in [-0.2, -0.15) is 0 Å². The SMILES string of the molecule is CC(CCc1cccc(F)c1)C(=O)NC(CC(=O)O)c1ccc(F)cc1. The summed E-state index contributed by atoms with van der Waals surface area (Å²) in [5.41, 5.74) is 1.32. The maximum atomic E-state index is 13.2. The van der Waals surface area contributed by atoms with Crippen LogP contribution in [-0.2, 0) is 16.0 Å². The van der Waals surface area contributed by atoms with Crippen molar-refractivity contribution >= 4 is 11.9 Å². The molecule has 2 atom stereocenters. The lowest BCUT2D eigenvalue weighted by atomic mass is 9.98. The molecule has 0 bridgehead atoms. The van der Waals surface area contributed by atoms with Gasteiger partial charge in [0.25, 0.3) is 0 Å². The minimum atomic E-state index is -1.06. The van der Waals surface area contributed by atoms with E-state index >= 15 is 0 Å². The molecule has 0 aliphatic rings. The van der Waals surface area contributed by atoms with Crippen LogP contribution in [0.2, 0.25) is 0 Å². The first-order chi connectivity index (χ1) is 12.3. The van der Waals surface area contributed by atoms with Crippen LogP contribution in [0, 0.1) is 17.6 Å². The molecule has 0 saturated carbocycles. The van der Waals surface area contributed by atoms with Gasteiger partial charge in [0, 0.05) is 5.92 Å². The number of halogens is 2. The Balaban J connectivity index is 1.98. The number of carboxylic acid groups (broad SMARTS) is 1. The average molecular weight is 361 g/mol. The van der Waals surface area contributed by atoms with Crippen LogP contribution in [0.1, 0.15) is 36.9 Å². The lowest BCUT2D eigenvalue weighted by Gasteiger charge is -2.20. The minimum Gasteiger partial charge on any atom is -0.481 e. The van der Waals surface area contributed by atoms with Crippen molar-refractivity contribution in [1.82, 2.24) is 5.32 Å². The van der Waals surface area contributed by atoms with E-state index in [1.807, 2.05) is 0 Å². The molecule has 1 amide bonds. The summed E-state index contributed by atoms with van der Waals surface area (Å²) in [5, 5.41) is 11.8. The second-order valence-electron chi connectivity index (χ2n) is 6.28. The second-order valence-corrected chi connectivity index (χ2v) is 6.28. The molecule has 0 spiro atoms. The van der Waals surface area contributed by atoms with Gasteiger partial charge in [0.2, 0.25) is 5.91 Å². The Morgan fingerprint density at radius 2 is 1.77 bits per heavy atom. The number of amides is 1. The number of carboxylic acids is 1. The van der Waals surface area contributed by atoms with Gasteiger partial charge in [-0.1, -0.05) is 31.2 Å².